The average molecular weight is 274 g/mol. The van der Waals surface area contributed by atoms with Crippen molar-refractivity contribution >= 4 is 0 Å². The summed E-state index contributed by atoms with van der Waals surface area (Å²) in [6.07, 6.45) is 3.93. The summed E-state index contributed by atoms with van der Waals surface area (Å²) < 4.78 is 5.41. The molecule has 2 fully saturated rings. The van der Waals surface area contributed by atoms with E-state index in [2.05, 4.69) is 34.5 Å². The summed E-state index contributed by atoms with van der Waals surface area (Å²) >= 11 is 0. The van der Waals surface area contributed by atoms with Gasteiger partial charge in [0.2, 0.25) is 0 Å². The first-order chi connectivity index (χ1) is 9.90. The molecule has 2 saturated heterocycles. The monoisotopic (exact) mass is 274 g/mol. The average Bonchev–Trinajstić information content (AvgIpc) is 2.50. The van der Waals surface area contributed by atoms with Gasteiger partial charge in [-0.1, -0.05) is 24.3 Å². The van der Waals surface area contributed by atoms with Crippen LogP contribution in [-0.4, -0.2) is 44.3 Å². The van der Waals surface area contributed by atoms with Crippen molar-refractivity contribution in [3.05, 3.63) is 35.4 Å². The molecule has 0 bridgehead atoms. The first kappa shape index (κ1) is 14.1. The van der Waals surface area contributed by atoms with E-state index < -0.39 is 0 Å². The lowest BCUT2D eigenvalue weighted by Crippen LogP contribution is -2.35. The lowest BCUT2D eigenvalue weighted by atomic mass is 9.92. The van der Waals surface area contributed by atoms with Crippen molar-refractivity contribution in [3.63, 3.8) is 0 Å². The van der Waals surface area contributed by atoms with Gasteiger partial charge in [-0.3, -0.25) is 4.90 Å². The summed E-state index contributed by atoms with van der Waals surface area (Å²) in [6.45, 7) is 7.36. The van der Waals surface area contributed by atoms with Gasteiger partial charge in [-0.15, -0.1) is 0 Å². The SMILES string of the molecule is c1cc(CC2CCCNC2)cc(CN2CCOCC2)c1. The van der Waals surface area contributed by atoms with Crippen LogP contribution in [0.15, 0.2) is 24.3 Å². The molecular formula is C17H26N2O. The third-order valence-electron chi connectivity index (χ3n) is 4.42. The number of morpholine rings is 1. The Morgan fingerprint density at radius 1 is 1.20 bits per heavy atom. The van der Waals surface area contributed by atoms with Gasteiger partial charge in [-0.2, -0.15) is 0 Å². The molecule has 20 heavy (non-hydrogen) atoms. The Labute approximate surface area is 122 Å². The molecule has 2 aliphatic heterocycles. The number of hydrogen-bond acceptors (Lipinski definition) is 3. The van der Waals surface area contributed by atoms with Gasteiger partial charge in [0.15, 0.2) is 0 Å². The molecule has 2 heterocycles. The molecular weight excluding hydrogens is 248 g/mol. The number of hydrogen-bond donors (Lipinski definition) is 1. The van der Waals surface area contributed by atoms with E-state index in [-0.39, 0.29) is 0 Å². The number of rotatable bonds is 4. The molecule has 0 saturated carbocycles. The van der Waals surface area contributed by atoms with E-state index in [1.807, 2.05) is 0 Å². The quantitative estimate of drug-likeness (QED) is 0.909. The molecule has 1 N–H and O–H groups in total. The van der Waals surface area contributed by atoms with Gasteiger partial charge in [0.05, 0.1) is 13.2 Å². The third-order valence-corrected chi connectivity index (χ3v) is 4.42. The lowest BCUT2D eigenvalue weighted by Gasteiger charge is -2.27. The topological polar surface area (TPSA) is 24.5 Å². The zero-order chi connectivity index (χ0) is 13.6. The maximum atomic E-state index is 5.41. The van der Waals surface area contributed by atoms with Crippen LogP contribution in [-0.2, 0) is 17.7 Å². The van der Waals surface area contributed by atoms with Crippen LogP contribution >= 0.6 is 0 Å². The van der Waals surface area contributed by atoms with Gasteiger partial charge in [0.25, 0.3) is 0 Å². The fourth-order valence-electron chi connectivity index (χ4n) is 3.30. The van der Waals surface area contributed by atoms with Crippen molar-refractivity contribution in [1.82, 2.24) is 10.2 Å². The summed E-state index contributed by atoms with van der Waals surface area (Å²) in [7, 11) is 0. The van der Waals surface area contributed by atoms with Crippen LogP contribution in [0.4, 0.5) is 0 Å². The number of nitrogens with zero attached hydrogens (tertiary/aromatic N) is 1. The zero-order valence-corrected chi connectivity index (χ0v) is 12.3. The van der Waals surface area contributed by atoms with Crippen molar-refractivity contribution in [2.24, 2.45) is 5.92 Å². The van der Waals surface area contributed by atoms with Gasteiger partial charge in [0, 0.05) is 19.6 Å². The Morgan fingerprint density at radius 3 is 2.85 bits per heavy atom. The first-order valence-corrected chi connectivity index (χ1v) is 7.99. The Morgan fingerprint density at radius 2 is 2.05 bits per heavy atom. The molecule has 0 aromatic heterocycles. The number of benzene rings is 1. The minimum Gasteiger partial charge on any atom is -0.379 e. The van der Waals surface area contributed by atoms with E-state index in [0.29, 0.717) is 0 Å². The first-order valence-electron chi connectivity index (χ1n) is 7.99. The Balaban J connectivity index is 1.57. The Hall–Kier alpha value is -0.900. The summed E-state index contributed by atoms with van der Waals surface area (Å²) in [5.41, 5.74) is 2.96. The predicted molar refractivity (Wildman–Crippen MR) is 81.8 cm³/mol. The molecule has 1 unspecified atom stereocenters. The second-order valence-electron chi connectivity index (χ2n) is 6.12. The van der Waals surface area contributed by atoms with Gasteiger partial charge in [-0.05, 0) is 49.4 Å². The zero-order valence-electron chi connectivity index (χ0n) is 12.3. The van der Waals surface area contributed by atoms with E-state index in [1.165, 1.54) is 43.5 Å². The number of nitrogens with one attached hydrogen (secondary N) is 1. The standard InChI is InChI=1S/C17H26N2O/c1-3-15(11-16-5-2-6-18-13-16)12-17(4-1)14-19-7-9-20-10-8-19/h1,3-4,12,16,18H,2,5-11,13-14H2. The maximum absolute atomic E-state index is 5.41. The third kappa shape index (κ3) is 4.05. The smallest absolute Gasteiger partial charge is 0.0594 e. The molecule has 3 rings (SSSR count). The van der Waals surface area contributed by atoms with Crippen LogP contribution < -0.4 is 5.32 Å². The normalized spacial score (nSPS) is 24.7. The second-order valence-corrected chi connectivity index (χ2v) is 6.12. The van der Waals surface area contributed by atoms with Crippen molar-refractivity contribution in [1.29, 1.82) is 0 Å². The molecule has 1 aromatic rings. The molecule has 0 aliphatic carbocycles. The van der Waals surface area contributed by atoms with Crippen molar-refractivity contribution in [2.45, 2.75) is 25.8 Å². The van der Waals surface area contributed by atoms with Crippen LogP contribution in [0.1, 0.15) is 24.0 Å². The largest absolute Gasteiger partial charge is 0.379 e. The fraction of sp³-hybridized carbons (Fsp3) is 0.647. The van der Waals surface area contributed by atoms with Crippen molar-refractivity contribution in [3.8, 4) is 0 Å². The molecule has 1 aromatic carbocycles. The minimum atomic E-state index is 0.822. The molecule has 0 spiro atoms. The summed E-state index contributed by atoms with van der Waals surface area (Å²) in [5.74, 6) is 0.822. The molecule has 3 heteroatoms. The van der Waals surface area contributed by atoms with Crippen LogP contribution in [0, 0.1) is 5.92 Å². The molecule has 3 nitrogen and oxygen atoms in total. The summed E-state index contributed by atoms with van der Waals surface area (Å²) in [4.78, 5) is 2.49. The van der Waals surface area contributed by atoms with Crippen molar-refractivity contribution in [2.75, 3.05) is 39.4 Å². The summed E-state index contributed by atoms with van der Waals surface area (Å²) in [5, 5.41) is 3.51. The molecule has 1 atom stereocenters. The molecule has 0 amide bonds. The van der Waals surface area contributed by atoms with E-state index in [4.69, 9.17) is 4.74 Å². The molecule has 0 radical (unpaired) electrons. The molecule has 110 valence electrons. The van der Waals surface area contributed by atoms with Crippen LogP contribution in [0.3, 0.4) is 0 Å². The van der Waals surface area contributed by atoms with E-state index in [0.717, 1.165) is 38.8 Å². The maximum Gasteiger partial charge on any atom is 0.0594 e. The van der Waals surface area contributed by atoms with Crippen molar-refractivity contribution < 1.29 is 4.74 Å². The highest BCUT2D eigenvalue weighted by molar-refractivity contribution is 5.24. The van der Waals surface area contributed by atoms with Crippen LogP contribution in [0.2, 0.25) is 0 Å². The number of piperidine rings is 1. The van der Waals surface area contributed by atoms with E-state index >= 15 is 0 Å². The predicted octanol–water partition coefficient (Wildman–Crippen LogP) is 2.06. The van der Waals surface area contributed by atoms with Crippen LogP contribution in [0.25, 0.3) is 0 Å². The highest BCUT2D eigenvalue weighted by atomic mass is 16.5. The Kier molecular flexibility index (Phi) is 5.06. The highest BCUT2D eigenvalue weighted by Gasteiger charge is 2.14. The highest BCUT2D eigenvalue weighted by Crippen LogP contribution is 2.18. The molecule has 2 aliphatic rings. The van der Waals surface area contributed by atoms with E-state index in [9.17, 15) is 0 Å². The fourth-order valence-corrected chi connectivity index (χ4v) is 3.30. The van der Waals surface area contributed by atoms with Gasteiger partial charge in [-0.25, -0.2) is 0 Å². The Bertz CT molecular complexity index is 374. The lowest BCUT2D eigenvalue weighted by molar-refractivity contribution is 0.0342. The van der Waals surface area contributed by atoms with Crippen LogP contribution in [0.5, 0.6) is 0 Å². The van der Waals surface area contributed by atoms with E-state index in [1.54, 1.807) is 0 Å². The second kappa shape index (κ2) is 7.21. The van der Waals surface area contributed by atoms with Gasteiger partial charge < -0.3 is 10.1 Å². The van der Waals surface area contributed by atoms with Gasteiger partial charge >= 0.3 is 0 Å². The minimum absolute atomic E-state index is 0.822. The number of ether oxygens (including phenoxy) is 1. The van der Waals surface area contributed by atoms with Gasteiger partial charge in [0.1, 0.15) is 0 Å². The summed E-state index contributed by atoms with van der Waals surface area (Å²) in [6, 6.07) is 9.18.